The molecular weight excluding hydrogens is 232 g/mol. The molecule has 1 atom stereocenters. The maximum absolute atomic E-state index is 11.8. The minimum atomic E-state index is -0.852. The van der Waals surface area contributed by atoms with Gasteiger partial charge in [0.2, 0.25) is 0 Å². The smallest absolute Gasteiger partial charge is 0.303 e. The predicted octanol–water partition coefficient (Wildman–Crippen LogP) is 1.50. The van der Waals surface area contributed by atoms with Crippen molar-refractivity contribution >= 4 is 17.6 Å². The van der Waals surface area contributed by atoms with E-state index in [9.17, 15) is 9.59 Å². The van der Waals surface area contributed by atoms with Gasteiger partial charge in [-0.2, -0.15) is 0 Å². The molecule has 0 aliphatic rings. The van der Waals surface area contributed by atoms with Crippen LogP contribution in [0.15, 0.2) is 24.3 Å². The van der Waals surface area contributed by atoms with Crippen molar-refractivity contribution < 1.29 is 14.7 Å². The van der Waals surface area contributed by atoms with Crippen molar-refractivity contribution in [1.82, 2.24) is 5.32 Å². The van der Waals surface area contributed by atoms with Crippen LogP contribution in [0.3, 0.4) is 0 Å². The standard InChI is InChI=1S/C13H18N2O3/c1-2-9(7-12(16)17)8-15-13(18)10-5-3-4-6-11(10)14/h3-6,9H,2,7-8,14H2,1H3,(H,15,18)(H,16,17). The molecule has 4 N–H and O–H groups in total. The topological polar surface area (TPSA) is 92.4 Å². The van der Waals surface area contributed by atoms with Gasteiger partial charge in [-0.1, -0.05) is 25.5 Å². The highest BCUT2D eigenvalue weighted by molar-refractivity contribution is 5.99. The lowest BCUT2D eigenvalue weighted by atomic mass is 10.0. The zero-order chi connectivity index (χ0) is 13.5. The van der Waals surface area contributed by atoms with E-state index in [0.29, 0.717) is 24.2 Å². The average molecular weight is 250 g/mol. The normalized spacial score (nSPS) is 11.8. The Morgan fingerprint density at radius 3 is 2.61 bits per heavy atom. The summed E-state index contributed by atoms with van der Waals surface area (Å²) in [6.45, 7) is 2.24. The molecule has 0 aromatic heterocycles. The maximum atomic E-state index is 11.8. The molecule has 0 bridgehead atoms. The zero-order valence-corrected chi connectivity index (χ0v) is 10.3. The van der Waals surface area contributed by atoms with Crippen LogP contribution in [-0.4, -0.2) is 23.5 Å². The number of rotatable bonds is 6. The number of aliphatic carboxylic acids is 1. The third-order valence-electron chi connectivity index (χ3n) is 2.80. The van der Waals surface area contributed by atoms with Crippen molar-refractivity contribution in [3.05, 3.63) is 29.8 Å². The van der Waals surface area contributed by atoms with E-state index in [1.807, 2.05) is 6.92 Å². The number of nitrogen functional groups attached to an aromatic ring is 1. The van der Waals surface area contributed by atoms with Crippen molar-refractivity contribution in [2.24, 2.45) is 5.92 Å². The van der Waals surface area contributed by atoms with Gasteiger partial charge in [-0.15, -0.1) is 0 Å². The molecule has 0 aliphatic heterocycles. The second-order valence-electron chi connectivity index (χ2n) is 4.17. The Bertz CT molecular complexity index is 432. The molecule has 0 radical (unpaired) electrons. The first-order valence-corrected chi connectivity index (χ1v) is 5.89. The molecule has 1 rings (SSSR count). The maximum Gasteiger partial charge on any atom is 0.303 e. The van der Waals surface area contributed by atoms with Gasteiger partial charge in [-0.3, -0.25) is 9.59 Å². The van der Waals surface area contributed by atoms with Gasteiger partial charge in [0.05, 0.1) is 5.56 Å². The lowest BCUT2D eigenvalue weighted by Crippen LogP contribution is -2.30. The van der Waals surface area contributed by atoms with Crippen molar-refractivity contribution in [2.45, 2.75) is 19.8 Å². The van der Waals surface area contributed by atoms with Crippen LogP contribution in [0.4, 0.5) is 5.69 Å². The van der Waals surface area contributed by atoms with Gasteiger partial charge in [-0.25, -0.2) is 0 Å². The molecule has 0 saturated heterocycles. The van der Waals surface area contributed by atoms with Crippen LogP contribution in [0.25, 0.3) is 0 Å². The lowest BCUT2D eigenvalue weighted by molar-refractivity contribution is -0.138. The molecule has 0 fully saturated rings. The van der Waals surface area contributed by atoms with E-state index in [2.05, 4.69) is 5.32 Å². The summed E-state index contributed by atoms with van der Waals surface area (Å²) in [6, 6.07) is 6.79. The molecule has 0 spiro atoms. The zero-order valence-electron chi connectivity index (χ0n) is 10.3. The molecule has 1 aromatic rings. The number of amides is 1. The monoisotopic (exact) mass is 250 g/mol. The molecule has 5 heteroatoms. The van der Waals surface area contributed by atoms with Crippen LogP contribution in [-0.2, 0) is 4.79 Å². The first-order chi connectivity index (χ1) is 8.54. The number of anilines is 1. The minimum absolute atomic E-state index is 0.0566. The number of para-hydroxylation sites is 1. The number of nitrogens with one attached hydrogen (secondary N) is 1. The number of nitrogens with two attached hydrogens (primary N) is 1. The number of carboxylic acids is 1. The second kappa shape index (κ2) is 6.64. The van der Waals surface area contributed by atoms with E-state index < -0.39 is 5.97 Å². The summed E-state index contributed by atoms with van der Waals surface area (Å²) < 4.78 is 0. The largest absolute Gasteiger partial charge is 0.481 e. The first-order valence-electron chi connectivity index (χ1n) is 5.89. The number of carboxylic acid groups (broad SMARTS) is 1. The van der Waals surface area contributed by atoms with E-state index in [-0.39, 0.29) is 18.2 Å². The Labute approximate surface area is 106 Å². The SMILES string of the molecule is CCC(CNC(=O)c1ccccc1N)CC(=O)O. The summed E-state index contributed by atoms with van der Waals surface area (Å²) in [5.41, 5.74) is 6.52. The number of carbonyl (C=O) groups excluding carboxylic acids is 1. The van der Waals surface area contributed by atoms with Crippen molar-refractivity contribution in [3.63, 3.8) is 0 Å². The van der Waals surface area contributed by atoms with E-state index in [4.69, 9.17) is 10.8 Å². The first kappa shape index (κ1) is 14.0. The molecule has 5 nitrogen and oxygen atoms in total. The third kappa shape index (κ3) is 4.08. The fourth-order valence-corrected chi connectivity index (χ4v) is 1.64. The Kier molecular flexibility index (Phi) is 5.17. The molecule has 1 unspecified atom stereocenters. The molecule has 1 amide bonds. The van der Waals surface area contributed by atoms with Gasteiger partial charge in [0.15, 0.2) is 0 Å². The van der Waals surface area contributed by atoms with Gasteiger partial charge in [0.25, 0.3) is 5.91 Å². The minimum Gasteiger partial charge on any atom is -0.481 e. The number of hydrogen-bond acceptors (Lipinski definition) is 3. The molecule has 0 aliphatic carbocycles. The highest BCUT2D eigenvalue weighted by Crippen LogP contribution is 2.11. The molecule has 18 heavy (non-hydrogen) atoms. The summed E-state index contributed by atoms with van der Waals surface area (Å²) in [6.07, 6.45) is 0.762. The predicted molar refractivity (Wildman–Crippen MR) is 69.2 cm³/mol. The van der Waals surface area contributed by atoms with E-state index in [1.54, 1.807) is 24.3 Å². The van der Waals surface area contributed by atoms with Crippen molar-refractivity contribution in [1.29, 1.82) is 0 Å². The summed E-state index contributed by atoms with van der Waals surface area (Å²) in [5.74, 6) is -1.18. The number of benzene rings is 1. The molecule has 0 heterocycles. The molecular formula is C13H18N2O3. The quantitative estimate of drug-likeness (QED) is 0.667. The van der Waals surface area contributed by atoms with Crippen LogP contribution in [0, 0.1) is 5.92 Å². The van der Waals surface area contributed by atoms with Gasteiger partial charge >= 0.3 is 5.97 Å². The van der Waals surface area contributed by atoms with E-state index in [1.165, 1.54) is 0 Å². The average Bonchev–Trinajstić information content (AvgIpc) is 2.34. The van der Waals surface area contributed by atoms with Gasteiger partial charge < -0.3 is 16.2 Å². The Balaban J connectivity index is 2.55. The van der Waals surface area contributed by atoms with Gasteiger partial charge in [0, 0.05) is 18.7 Å². The van der Waals surface area contributed by atoms with Gasteiger partial charge in [0.1, 0.15) is 0 Å². The summed E-state index contributed by atoms with van der Waals surface area (Å²) >= 11 is 0. The highest BCUT2D eigenvalue weighted by Gasteiger charge is 2.14. The van der Waals surface area contributed by atoms with Crippen LogP contribution in [0.5, 0.6) is 0 Å². The van der Waals surface area contributed by atoms with Crippen LogP contribution in [0.2, 0.25) is 0 Å². The molecule has 0 saturated carbocycles. The Morgan fingerprint density at radius 1 is 1.39 bits per heavy atom. The highest BCUT2D eigenvalue weighted by atomic mass is 16.4. The molecule has 1 aromatic carbocycles. The molecule has 98 valence electrons. The van der Waals surface area contributed by atoms with Crippen LogP contribution in [0.1, 0.15) is 30.1 Å². The summed E-state index contributed by atoms with van der Waals surface area (Å²) in [5, 5.41) is 11.4. The Hall–Kier alpha value is -2.04. The van der Waals surface area contributed by atoms with Gasteiger partial charge in [-0.05, 0) is 18.1 Å². The number of hydrogen-bond donors (Lipinski definition) is 3. The van der Waals surface area contributed by atoms with E-state index in [0.717, 1.165) is 0 Å². The summed E-state index contributed by atoms with van der Waals surface area (Å²) in [7, 11) is 0. The van der Waals surface area contributed by atoms with Crippen LogP contribution >= 0.6 is 0 Å². The summed E-state index contributed by atoms with van der Waals surface area (Å²) in [4.78, 5) is 22.4. The van der Waals surface area contributed by atoms with Crippen molar-refractivity contribution in [3.8, 4) is 0 Å². The number of carbonyl (C=O) groups is 2. The fourth-order valence-electron chi connectivity index (χ4n) is 1.64. The van der Waals surface area contributed by atoms with Crippen molar-refractivity contribution in [2.75, 3.05) is 12.3 Å². The van der Waals surface area contributed by atoms with Crippen LogP contribution < -0.4 is 11.1 Å². The van der Waals surface area contributed by atoms with E-state index >= 15 is 0 Å². The third-order valence-corrected chi connectivity index (χ3v) is 2.80. The second-order valence-corrected chi connectivity index (χ2v) is 4.17. The fraction of sp³-hybridized carbons (Fsp3) is 0.385. The lowest BCUT2D eigenvalue weighted by Gasteiger charge is -2.14. The Morgan fingerprint density at radius 2 is 2.06 bits per heavy atom.